The number of esters is 1. The zero-order valence-electron chi connectivity index (χ0n) is 20.1. The molecule has 1 unspecified atom stereocenters. The first-order valence-electron chi connectivity index (χ1n) is 11.9. The van der Waals surface area contributed by atoms with E-state index in [4.69, 9.17) is 9.15 Å². The number of hydrogen-bond donors (Lipinski definition) is 3. The summed E-state index contributed by atoms with van der Waals surface area (Å²) < 4.78 is 11.8. The van der Waals surface area contributed by atoms with Crippen LogP contribution < -0.4 is 15.5 Å². The molecule has 3 aromatic carbocycles. The fraction of sp³-hybridized carbons (Fsp3) is 0.241. The zero-order chi connectivity index (χ0) is 25.4. The van der Waals surface area contributed by atoms with Gasteiger partial charge in [-0.2, -0.15) is 0 Å². The first-order valence-corrected chi connectivity index (χ1v) is 11.9. The number of ether oxygens (including phenoxy) is 1. The van der Waals surface area contributed by atoms with Crippen molar-refractivity contribution in [1.29, 1.82) is 0 Å². The van der Waals surface area contributed by atoms with Gasteiger partial charge in [-0.25, -0.2) is 0 Å². The Hall–Kier alpha value is -3.94. The molecular weight excluding hydrogens is 458 g/mol. The third-order valence-electron chi connectivity index (χ3n) is 6.47. The fourth-order valence-corrected chi connectivity index (χ4v) is 4.69. The predicted octanol–water partition coefficient (Wildman–Crippen LogP) is 5.17. The van der Waals surface area contributed by atoms with Crippen LogP contribution in [0.15, 0.2) is 69.9 Å². The third-order valence-corrected chi connectivity index (χ3v) is 6.47. The summed E-state index contributed by atoms with van der Waals surface area (Å²) in [5.74, 6) is 0.730. The number of carbonyl (C=O) groups is 1. The van der Waals surface area contributed by atoms with Crippen molar-refractivity contribution in [2.24, 2.45) is 0 Å². The highest BCUT2D eigenvalue weighted by molar-refractivity contribution is 5.83. The summed E-state index contributed by atoms with van der Waals surface area (Å²) in [6.45, 7) is 3.85. The van der Waals surface area contributed by atoms with Crippen molar-refractivity contribution in [2.75, 3.05) is 5.32 Å². The van der Waals surface area contributed by atoms with Crippen LogP contribution in [0.5, 0.6) is 5.75 Å². The van der Waals surface area contributed by atoms with Gasteiger partial charge < -0.3 is 24.7 Å². The lowest BCUT2D eigenvalue weighted by Crippen LogP contribution is -2.12. The summed E-state index contributed by atoms with van der Waals surface area (Å²) in [5.41, 5.74) is 4.56. The molecule has 0 spiro atoms. The summed E-state index contributed by atoms with van der Waals surface area (Å²) >= 11 is 0. The fourth-order valence-electron chi connectivity index (χ4n) is 4.69. The Labute approximate surface area is 208 Å². The Morgan fingerprint density at radius 3 is 2.56 bits per heavy atom. The second-order valence-corrected chi connectivity index (χ2v) is 9.18. The van der Waals surface area contributed by atoms with E-state index in [1.165, 1.54) is 6.07 Å². The van der Waals surface area contributed by atoms with Crippen LogP contribution in [0.4, 0.5) is 5.69 Å². The van der Waals surface area contributed by atoms with Gasteiger partial charge in [0.2, 0.25) is 0 Å². The van der Waals surface area contributed by atoms with Crippen LogP contribution in [0.2, 0.25) is 0 Å². The molecule has 3 N–H and O–H groups in total. The van der Waals surface area contributed by atoms with E-state index >= 15 is 0 Å². The van der Waals surface area contributed by atoms with E-state index in [1.54, 1.807) is 30.3 Å². The van der Waals surface area contributed by atoms with Crippen molar-refractivity contribution in [3.05, 3.63) is 93.1 Å². The molecule has 7 nitrogen and oxygen atoms in total. The number of hydrogen-bond acceptors (Lipinski definition) is 7. The number of carbonyl (C=O) groups excluding carboxylic acids is 1. The molecule has 0 saturated heterocycles. The summed E-state index contributed by atoms with van der Waals surface area (Å²) in [7, 11) is 0. The van der Waals surface area contributed by atoms with E-state index in [-0.39, 0.29) is 17.4 Å². The van der Waals surface area contributed by atoms with Crippen molar-refractivity contribution in [3.8, 4) is 17.1 Å². The number of rotatable bonds is 5. The minimum atomic E-state index is -1.62. The summed E-state index contributed by atoms with van der Waals surface area (Å²) in [4.78, 5) is 25.0. The number of anilines is 1. The molecule has 184 valence electrons. The van der Waals surface area contributed by atoms with Gasteiger partial charge in [0.15, 0.2) is 11.7 Å². The SMILES string of the molecule is Cc1cc(C(C)Nc2ccccc2C(O)O)c2oc(-c3ccc4c(c3)CCCC(=O)O4)cc(=O)c2c1. The van der Waals surface area contributed by atoms with Crippen molar-refractivity contribution < 1.29 is 24.2 Å². The number of para-hydroxylation sites is 1. The first kappa shape index (κ1) is 23.8. The number of aryl methyl sites for hydroxylation is 2. The quantitative estimate of drug-likeness (QED) is 0.203. The van der Waals surface area contributed by atoms with Gasteiger partial charge in [0, 0.05) is 34.9 Å². The lowest BCUT2D eigenvalue weighted by atomic mass is 9.99. The van der Waals surface area contributed by atoms with Gasteiger partial charge in [-0.1, -0.05) is 24.3 Å². The van der Waals surface area contributed by atoms with Crippen LogP contribution in [0.1, 0.15) is 54.4 Å². The Kier molecular flexibility index (Phi) is 6.35. The molecule has 1 aliphatic rings. The molecule has 0 amide bonds. The van der Waals surface area contributed by atoms with E-state index in [1.807, 2.05) is 38.1 Å². The molecule has 0 saturated carbocycles. The molecule has 0 aliphatic carbocycles. The smallest absolute Gasteiger partial charge is 0.311 e. The predicted molar refractivity (Wildman–Crippen MR) is 137 cm³/mol. The van der Waals surface area contributed by atoms with Gasteiger partial charge >= 0.3 is 5.97 Å². The maximum absolute atomic E-state index is 13.2. The molecule has 2 heterocycles. The molecule has 4 aromatic rings. The van der Waals surface area contributed by atoms with Crippen LogP contribution in [0.3, 0.4) is 0 Å². The van der Waals surface area contributed by atoms with E-state index in [0.29, 0.717) is 53.0 Å². The van der Waals surface area contributed by atoms with Crippen molar-refractivity contribution >= 4 is 22.6 Å². The Morgan fingerprint density at radius 1 is 0.944 bits per heavy atom. The molecule has 1 aliphatic heterocycles. The van der Waals surface area contributed by atoms with E-state index in [0.717, 1.165) is 22.3 Å². The van der Waals surface area contributed by atoms with Gasteiger partial charge in [-0.05, 0) is 68.1 Å². The lowest BCUT2D eigenvalue weighted by Gasteiger charge is -2.20. The molecule has 5 rings (SSSR count). The zero-order valence-corrected chi connectivity index (χ0v) is 20.1. The van der Waals surface area contributed by atoms with Crippen molar-refractivity contribution in [3.63, 3.8) is 0 Å². The van der Waals surface area contributed by atoms with E-state index < -0.39 is 6.29 Å². The molecule has 1 aromatic heterocycles. The van der Waals surface area contributed by atoms with Gasteiger partial charge in [-0.15, -0.1) is 0 Å². The van der Waals surface area contributed by atoms with Gasteiger partial charge in [0.25, 0.3) is 0 Å². The van der Waals surface area contributed by atoms with Crippen molar-refractivity contribution in [1.82, 2.24) is 0 Å². The monoisotopic (exact) mass is 485 g/mol. The highest BCUT2D eigenvalue weighted by Gasteiger charge is 2.20. The van der Waals surface area contributed by atoms with Crippen molar-refractivity contribution in [2.45, 2.75) is 45.4 Å². The van der Waals surface area contributed by atoms with Gasteiger partial charge in [0.05, 0.1) is 11.4 Å². The molecule has 0 fully saturated rings. The number of fused-ring (bicyclic) bond motifs is 2. The lowest BCUT2D eigenvalue weighted by molar-refractivity contribution is -0.134. The minimum Gasteiger partial charge on any atom is -0.455 e. The molecule has 1 atom stereocenters. The molecule has 7 heteroatoms. The maximum atomic E-state index is 13.2. The number of benzene rings is 3. The van der Waals surface area contributed by atoms with Crippen LogP contribution in [-0.4, -0.2) is 16.2 Å². The topological polar surface area (TPSA) is 109 Å². The molecule has 0 bridgehead atoms. The Morgan fingerprint density at radius 2 is 1.75 bits per heavy atom. The second kappa shape index (κ2) is 9.60. The largest absolute Gasteiger partial charge is 0.455 e. The number of nitrogens with one attached hydrogen (secondary N) is 1. The van der Waals surface area contributed by atoms with Crippen LogP contribution in [0, 0.1) is 6.92 Å². The average Bonchev–Trinajstić information content (AvgIpc) is 3.04. The Bertz CT molecular complexity index is 1520. The number of aliphatic hydroxyl groups excluding tert-OH is 1. The molecule has 36 heavy (non-hydrogen) atoms. The second-order valence-electron chi connectivity index (χ2n) is 9.18. The maximum Gasteiger partial charge on any atom is 0.311 e. The van der Waals surface area contributed by atoms with Crippen LogP contribution in [0.25, 0.3) is 22.3 Å². The average molecular weight is 486 g/mol. The van der Waals surface area contributed by atoms with Crippen LogP contribution >= 0.6 is 0 Å². The van der Waals surface area contributed by atoms with Gasteiger partial charge in [0.1, 0.15) is 17.1 Å². The Balaban J connectivity index is 1.59. The summed E-state index contributed by atoms with van der Waals surface area (Å²) in [6.07, 6.45) is 0.160. The molecular formula is C29H27NO6. The highest BCUT2D eigenvalue weighted by Crippen LogP contribution is 2.34. The number of aliphatic hydroxyl groups is 2. The van der Waals surface area contributed by atoms with Crippen LogP contribution in [-0.2, 0) is 11.2 Å². The molecule has 0 radical (unpaired) electrons. The van der Waals surface area contributed by atoms with E-state index in [9.17, 15) is 19.8 Å². The normalized spacial score (nSPS) is 14.3. The minimum absolute atomic E-state index is 0.157. The highest BCUT2D eigenvalue weighted by atomic mass is 16.5. The summed E-state index contributed by atoms with van der Waals surface area (Å²) in [6, 6.07) is 17.4. The summed E-state index contributed by atoms with van der Waals surface area (Å²) in [5, 5.41) is 23.3. The van der Waals surface area contributed by atoms with Gasteiger partial charge in [-0.3, -0.25) is 9.59 Å². The third kappa shape index (κ3) is 4.63. The standard InChI is InChI=1S/C29H27NO6/c1-16-12-21(17(2)30-23-8-4-3-7-20(23)29(33)34)28-22(13-16)24(31)15-26(36-28)19-10-11-25-18(14-19)6-5-9-27(32)35-25/h3-4,7-8,10-15,17,29-30,33-34H,5-6,9H2,1-2H3. The van der Waals surface area contributed by atoms with E-state index in [2.05, 4.69) is 5.32 Å². The first-order chi connectivity index (χ1) is 17.3.